The third-order valence-electron chi connectivity index (χ3n) is 7.94. The quantitative estimate of drug-likeness (QED) is 0.496. The number of carboxylic acid groups (broad SMARTS) is 1. The molecule has 1 saturated carbocycles. The van der Waals surface area contributed by atoms with Gasteiger partial charge in [0.25, 0.3) is 0 Å². The lowest BCUT2D eigenvalue weighted by Gasteiger charge is -2.47. The zero-order valence-electron chi connectivity index (χ0n) is 22.1. The second kappa shape index (κ2) is 11.2. The number of rotatable bonds is 7. The Hall–Kier alpha value is -2.93. The molecule has 0 spiro atoms. The Morgan fingerprint density at radius 2 is 1.73 bits per heavy atom. The van der Waals surface area contributed by atoms with Gasteiger partial charge in [0, 0.05) is 12.6 Å². The van der Waals surface area contributed by atoms with Crippen LogP contribution in [0.25, 0.3) is 0 Å². The van der Waals surface area contributed by atoms with Gasteiger partial charge in [-0.25, -0.2) is 9.18 Å². The number of piperidine rings is 1. The van der Waals surface area contributed by atoms with Crippen molar-refractivity contribution in [3.05, 3.63) is 71.5 Å². The van der Waals surface area contributed by atoms with Crippen LogP contribution in [0.15, 0.2) is 54.6 Å². The largest absolute Gasteiger partial charge is 0.481 e. The maximum atomic E-state index is 14.5. The summed E-state index contributed by atoms with van der Waals surface area (Å²) in [5.41, 5.74) is -0.245. The Morgan fingerprint density at radius 1 is 1.03 bits per heavy atom. The molecule has 2 N–H and O–H groups in total. The van der Waals surface area contributed by atoms with Gasteiger partial charge in [0.2, 0.25) is 0 Å². The first kappa shape index (κ1) is 27.1. The predicted molar refractivity (Wildman–Crippen MR) is 141 cm³/mol. The molecular weight excluding hydrogens is 471 g/mol. The fourth-order valence-electron chi connectivity index (χ4n) is 6.48. The smallest absolute Gasteiger partial charge is 0.407 e. The van der Waals surface area contributed by atoms with Gasteiger partial charge in [0.15, 0.2) is 0 Å². The molecule has 37 heavy (non-hydrogen) atoms. The van der Waals surface area contributed by atoms with E-state index in [-0.39, 0.29) is 17.9 Å². The average molecular weight is 511 g/mol. The van der Waals surface area contributed by atoms with Gasteiger partial charge in [-0.2, -0.15) is 0 Å². The van der Waals surface area contributed by atoms with Crippen molar-refractivity contribution in [2.75, 3.05) is 13.1 Å². The lowest BCUT2D eigenvalue weighted by atomic mass is 9.58. The molecule has 1 aliphatic carbocycles. The number of carbonyl (C=O) groups is 2. The number of ether oxygens (including phenoxy) is 1. The van der Waals surface area contributed by atoms with Gasteiger partial charge in [0.1, 0.15) is 16.8 Å². The number of hydrogen-bond acceptors (Lipinski definition) is 4. The van der Waals surface area contributed by atoms with E-state index < -0.39 is 28.9 Å². The molecular formula is C30H39FN2O4. The van der Waals surface area contributed by atoms with Crippen LogP contribution in [0.5, 0.6) is 0 Å². The number of nitrogens with one attached hydrogen (secondary N) is 1. The summed E-state index contributed by atoms with van der Waals surface area (Å²) in [5, 5.41) is 13.9. The molecule has 2 fully saturated rings. The number of halogens is 1. The number of carboxylic acids is 1. The molecule has 1 heterocycles. The average Bonchev–Trinajstić information content (AvgIpc) is 3.28. The van der Waals surface area contributed by atoms with Gasteiger partial charge in [-0.3, -0.25) is 9.69 Å². The van der Waals surface area contributed by atoms with Crippen LogP contribution in [-0.4, -0.2) is 46.8 Å². The number of benzene rings is 2. The van der Waals surface area contributed by atoms with E-state index in [0.717, 1.165) is 26.1 Å². The Bertz CT molecular complexity index is 1080. The first-order valence-electron chi connectivity index (χ1n) is 13.3. The molecule has 0 bridgehead atoms. The van der Waals surface area contributed by atoms with Crippen molar-refractivity contribution in [3.8, 4) is 0 Å². The Labute approximate surface area is 219 Å². The number of alkyl carbamates (subject to hydrolysis) is 1. The highest BCUT2D eigenvalue weighted by Crippen LogP contribution is 2.51. The van der Waals surface area contributed by atoms with Crippen LogP contribution in [0.2, 0.25) is 0 Å². The van der Waals surface area contributed by atoms with Crippen LogP contribution in [0.4, 0.5) is 9.18 Å². The van der Waals surface area contributed by atoms with Crippen molar-refractivity contribution >= 4 is 12.1 Å². The third-order valence-corrected chi connectivity index (χ3v) is 7.94. The molecule has 4 rings (SSSR count). The minimum Gasteiger partial charge on any atom is -0.481 e. The van der Waals surface area contributed by atoms with E-state index in [4.69, 9.17) is 4.74 Å². The second-order valence-corrected chi connectivity index (χ2v) is 11.5. The topological polar surface area (TPSA) is 78.9 Å². The molecule has 2 aliphatic rings. The van der Waals surface area contributed by atoms with E-state index in [1.807, 2.05) is 18.2 Å². The van der Waals surface area contributed by atoms with Gasteiger partial charge in [-0.1, -0.05) is 48.9 Å². The number of carbonyl (C=O) groups excluding carboxylic acids is 1. The summed E-state index contributed by atoms with van der Waals surface area (Å²) in [6.45, 7) is 7.75. The van der Waals surface area contributed by atoms with Gasteiger partial charge in [-0.05, 0) is 94.6 Å². The molecule has 6 nitrogen and oxygen atoms in total. The van der Waals surface area contributed by atoms with E-state index in [1.165, 1.54) is 17.7 Å². The zero-order valence-corrected chi connectivity index (χ0v) is 22.1. The fourth-order valence-corrected chi connectivity index (χ4v) is 6.48. The van der Waals surface area contributed by atoms with E-state index in [1.54, 1.807) is 32.9 Å². The summed E-state index contributed by atoms with van der Waals surface area (Å²) in [4.78, 5) is 28.4. The molecule has 1 amide bonds. The zero-order chi connectivity index (χ0) is 26.6. The minimum absolute atomic E-state index is 0.190. The van der Waals surface area contributed by atoms with Crippen LogP contribution in [-0.2, 0) is 21.5 Å². The Morgan fingerprint density at radius 3 is 2.35 bits per heavy atom. The highest BCUT2D eigenvalue weighted by atomic mass is 19.1. The lowest BCUT2D eigenvalue weighted by Crippen LogP contribution is -2.57. The van der Waals surface area contributed by atoms with Crippen molar-refractivity contribution in [2.24, 2.45) is 11.8 Å². The fraction of sp³-hybridized carbons (Fsp3) is 0.533. The van der Waals surface area contributed by atoms with Crippen LogP contribution in [0.3, 0.4) is 0 Å². The van der Waals surface area contributed by atoms with E-state index in [0.29, 0.717) is 31.2 Å². The van der Waals surface area contributed by atoms with Crippen molar-refractivity contribution in [1.82, 2.24) is 10.2 Å². The number of hydrogen-bond donors (Lipinski definition) is 2. The molecule has 7 heteroatoms. The van der Waals surface area contributed by atoms with Gasteiger partial charge in [-0.15, -0.1) is 0 Å². The first-order valence-corrected chi connectivity index (χ1v) is 13.3. The highest BCUT2D eigenvalue weighted by Gasteiger charge is 2.57. The molecule has 2 aromatic rings. The predicted octanol–water partition coefficient (Wildman–Crippen LogP) is 5.75. The van der Waals surface area contributed by atoms with Crippen LogP contribution < -0.4 is 5.32 Å². The maximum Gasteiger partial charge on any atom is 0.407 e. The summed E-state index contributed by atoms with van der Waals surface area (Å²) >= 11 is 0. The summed E-state index contributed by atoms with van der Waals surface area (Å²) in [6, 6.07) is 16.0. The molecule has 0 radical (unpaired) electrons. The van der Waals surface area contributed by atoms with Crippen LogP contribution in [0.1, 0.15) is 64.0 Å². The summed E-state index contributed by atoms with van der Waals surface area (Å²) in [6.07, 6.45) is 2.94. The van der Waals surface area contributed by atoms with Gasteiger partial charge >= 0.3 is 12.1 Å². The number of amides is 1. The molecule has 2 aromatic carbocycles. The monoisotopic (exact) mass is 510 g/mol. The van der Waals surface area contributed by atoms with Gasteiger partial charge in [0.05, 0.1) is 0 Å². The van der Waals surface area contributed by atoms with Gasteiger partial charge < -0.3 is 15.2 Å². The molecule has 1 aliphatic heterocycles. The van der Waals surface area contributed by atoms with E-state index >= 15 is 0 Å². The third kappa shape index (κ3) is 6.15. The molecule has 3 atom stereocenters. The molecule has 200 valence electrons. The first-order chi connectivity index (χ1) is 17.6. The summed E-state index contributed by atoms with van der Waals surface area (Å²) < 4.78 is 20.0. The SMILES string of the molecule is CC(C)(C)OC(=O)N[C@H]1CCC[C@@H]1C(C(=O)O)(c1cccc(F)c1)C1CCN(Cc2ccccc2)CC1. The summed E-state index contributed by atoms with van der Waals surface area (Å²) in [5.74, 6) is -1.95. The maximum absolute atomic E-state index is 14.5. The Balaban J connectivity index is 1.63. The number of aliphatic carboxylic acids is 1. The summed E-state index contributed by atoms with van der Waals surface area (Å²) in [7, 11) is 0. The number of likely N-dealkylation sites (tertiary alicyclic amines) is 1. The van der Waals surface area contributed by atoms with E-state index in [9.17, 15) is 19.1 Å². The van der Waals surface area contributed by atoms with Crippen LogP contribution in [0, 0.1) is 17.7 Å². The Kier molecular flexibility index (Phi) is 8.22. The van der Waals surface area contributed by atoms with Crippen molar-refractivity contribution in [1.29, 1.82) is 0 Å². The normalized spacial score (nSPS) is 22.8. The molecule has 0 aromatic heterocycles. The van der Waals surface area contributed by atoms with Crippen molar-refractivity contribution in [3.63, 3.8) is 0 Å². The van der Waals surface area contributed by atoms with Crippen LogP contribution >= 0.6 is 0 Å². The second-order valence-electron chi connectivity index (χ2n) is 11.5. The highest BCUT2D eigenvalue weighted by molar-refractivity contribution is 5.83. The van der Waals surface area contributed by atoms with Crippen molar-refractivity contribution < 1.29 is 23.8 Å². The minimum atomic E-state index is -1.31. The number of nitrogens with zero attached hydrogens (tertiary/aromatic N) is 1. The molecule has 1 unspecified atom stereocenters. The van der Waals surface area contributed by atoms with E-state index in [2.05, 4.69) is 22.3 Å². The standard InChI is InChI=1S/C30H39FN2O4/c1-29(2,3)37-28(36)32-26-14-8-13-25(26)30(27(34)35,23-11-7-12-24(31)19-23)22-15-17-33(18-16-22)20-21-9-5-4-6-10-21/h4-7,9-12,19,22,25-26H,8,13-18,20H2,1-3H3,(H,32,36)(H,34,35)/t25-,26-,30?/m0/s1. The van der Waals surface area contributed by atoms with Crippen molar-refractivity contribution in [2.45, 2.75) is 76.5 Å². The lowest BCUT2D eigenvalue weighted by molar-refractivity contribution is -0.151. The molecule has 1 saturated heterocycles.